The number of alkyl halides is 3. The number of nitrogens with one attached hydrogen (secondary N) is 3. The van der Waals surface area contributed by atoms with Gasteiger partial charge in [0.15, 0.2) is 0 Å². The molecule has 11 heteroatoms. The van der Waals surface area contributed by atoms with E-state index in [0.29, 0.717) is 23.7 Å². The summed E-state index contributed by atoms with van der Waals surface area (Å²) < 4.78 is 43.0. The lowest BCUT2D eigenvalue weighted by Gasteiger charge is -2.20. The van der Waals surface area contributed by atoms with Gasteiger partial charge in [-0.05, 0) is 47.5 Å². The van der Waals surface area contributed by atoms with Gasteiger partial charge in [0.2, 0.25) is 5.91 Å². The summed E-state index contributed by atoms with van der Waals surface area (Å²) in [5, 5.41) is 7.16. The highest BCUT2D eigenvalue weighted by Crippen LogP contribution is 2.37. The molecule has 1 atom stereocenters. The summed E-state index contributed by atoms with van der Waals surface area (Å²) in [7, 11) is 1.68. The van der Waals surface area contributed by atoms with Crippen LogP contribution >= 0.6 is 0 Å². The van der Waals surface area contributed by atoms with Crippen molar-refractivity contribution in [3.8, 4) is 11.3 Å². The van der Waals surface area contributed by atoms with Crippen LogP contribution in [0.4, 0.5) is 19.0 Å². The SMILES string of the molecule is CC(=O)NCc1ccn2c(NC(=O)c3ccc(C(F)(F)F)c(C4C=CN(C)N4)c3)c(-c3ccccc3)nc2c1. The van der Waals surface area contributed by atoms with Gasteiger partial charge in [0.25, 0.3) is 5.91 Å². The Balaban J connectivity index is 1.54. The molecule has 1 aliphatic rings. The highest BCUT2D eigenvalue weighted by molar-refractivity contribution is 6.06. The van der Waals surface area contributed by atoms with E-state index in [0.717, 1.165) is 17.2 Å². The molecule has 8 nitrogen and oxygen atoms in total. The number of anilines is 1. The lowest BCUT2D eigenvalue weighted by atomic mass is 9.97. The van der Waals surface area contributed by atoms with Crippen LogP contribution in [-0.4, -0.2) is 33.3 Å². The van der Waals surface area contributed by atoms with Gasteiger partial charge in [-0.2, -0.15) is 13.2 Å². The maximum Gasteiger partial charge on any atom is 0.416 e. The van der Waals surface area contributed by atoms with E-state index in [-0.39, 0.29) is 17.0 Å². The van der Waals surface area contributed by atoms with Crippen molar-refractivity contribution in [3.05, 3.63) is 101 Å². The standard InChI is InChI=1S/C28H25F3N6O2/c1-17(38)32-16-18-10-13-37-24(14-18)33-25(19-6-4-3-5-7-19)26(37)34-27(39)20-8-9-22(28(29,30)31)21(15-20)23-11-12-36(2)35-23/h3-15,23,35H,16H2,1-2H3,(H,32,38)(H,34,39). The van der Waals surface area contributed by atoms with Gasteiger partial charge in [0.1, 0.15) is 17.2 Å². The number of nitrogens with zero attached hydrogens (tertiary/aromatic N) is 3. The Bertz CT molecular complexity index is 1580. The molecule has 4 aromatic rings. The van der Waals surface area contributed by atoms with Crippen LogP contribution in [0.2, 0.25) is 0 Å². The number of hydrogen-bond acceptors (Lipinski definition) is 5. The largest absolute Gasteiger partial charge is 0.416 e. The Labute approximate surface area is 222 Å². The number of amides is 2. The van der Waals surface area contributed by atoms with E-state index < -0.39 is 23.7 Å². The van der Waals surface area contributed by atoms with Gasteiger partial charge >= 0.3 is 6.18 Å². The van der Waals surface area contributed by atoms with Gasteiger partial charge in [0.05, 0.1) is 11.6 Å². The first kappa shape index (κ1) is 26.0. The van der Waals surface area contributed by atoms with Crippen molar-refractivity contribution >= 4 is 23.3 Å². The molecule has 1 aliphatic heterocycles. The van der Waals surface area contributed by atoms with E-state index in [1.807, 2.05) is 30.3 Å². The Morgan fingerprint density at radius 3 is 2.51 bits per heavy atom. The number of hydrogen-bond donors (Lipinski definition) is 3. The number of carbonyl (C=O) groups excluding carboxylic acids is 2. The molecule has 1 unspecified atom stereocenters. The summed E-state index contributed by atoms with van der Waals surface area (Å²) in [4.78, 5) is 29.5. The summed E-state index contributed by atoms with van der Waals surface area (Å²) in [6.07, 6.45) is 0.367. The fourth-order valence-corrected chi connectivity index (χ4v) is 4.43. The molecule has 200 valence electrons. The number of carbonyl (C=O) groups is 2. The zero-order valence-electron chi connectivity index (χ0n) is 21.1. The third-order valence-electron chi connectivity index (χ3n) is 6.31. The number of hydrazine groups is 1. The Morgan fingerprint density at radius 2 is 1.85 bits per heavy atom. The minimum Gasteiger partial charge on any atom is -0.352 e. The minimum absolute atomic E-state index is 0.0558. The lowest BCUT2D eigenvalue weighted by Crippen LogP contribution is -2.28. The predicted octanol–water partition coefficient (Wildman–Crippen LogP) is 4.91. The summed E-state index contributed by atoms with van der Waals surface area (Å²) in [6.45, 7) is 1.74. The van der Waals surface area contributed by atoms with Crippen molar-refractivity contribution in [2.75, 3.05) is 12.4 Å². The molecule has 2 aromatic carbocycles. The van der Waals surface area contributed by atoms with Crippen LogP contribution in [0.25, 0.3) is 16.9 Å². The van der Waals surface area contributed by atoms with Crippen LogP contribution in [0, 0.1) is 0 Å². The Hall–Kier alpha value is -4.64. The number of fused-ring (bicyclic) bond motifs is 1. The molecule has 0 spiro atoms. The number of imidazole rings is 1. The highest BCUT2D eigenvalue weighted by Gasteiger charge is 2.36. The van der Waals surface area contributed by atoms with Gasteiger partial charge in [-0.3, -0.25) is 14.0 Å². The van der Waals surface area contributed by atoms with Crippen molar-refractivity contribution < 1.29 is 22.8 Å². The molecule has 2 amide bonds. The van der Waals surface area contributed by atoms with Gasteiger partial charge < -0.3 is 15.6 Å². The second-order valence-corrected chi connectivity index (χ2v) is 9.16. The molecular formula is C28H25F3N6O2. The van der Waals surface area contributed by atoms with Gasteiger partial charge in [-0.15, -0.1) is 0 Å². The highest BCUT2D eigenvalue weighted by atomic mass is 19.4. The second kappa shape index (κ2) is 10.3. The Morgan fingerprint density at radius 1 is 1.08 bits per heavy atom. The molecule has 0 aliphatic carbocycles. The molecule has 0 radical (unpaired) electrons. The molecule has 39 heavy (non-hydrogen) atoms. The van der Waals surface area contributed by atoms with Crippen LogP contribution in [-0.2, 0) is 17.5 Å². The molecule has 3 N–H and O–H groups in total. The molecule has 3 heterocycles. The van der Waals surface area contributed by atoms with E-state index in [2.05, 4.69) is 16.1 Å². The maximum absolute atomic E-state index is 13.8. The van der Waals surface area contributed by atoms with Gasteiger partial charge in [0, 0.05) is 44.0 Å². The van der Waals surface area contributed by atoms with Crippen LogP contribution in [0.5, 0.6) is 0 Å². The number of rotatable bonds is 6. The molecule has 0 saturated heterocycles. The fourth-order valence-electron chi connectivity index (χ4n) is 4.43. The van der Waals surface area contributed by atoms with E-state index in [1.54, 1.807) is 47.1 Å². The lowest BCUT2D eigenvalue weighted by molar-refractivity contribution is -0.138. The van der Waals surface area contributed by atoms with Gasteiger partial charge in [-0.1, -0.05) is 30.3 Å². The molecule has 5 rings (SSSR count). The molecule has 0 bridgehead atoms. The average molecular weight is 535 g/mol. The number of benzene rings is 2. The van der Waals surface area contributed by atoms with Gasteiger partial charge in [-0.25, -0.2) is 10.4 Å². The topological polar surface area (TPSA) is 90.8 Å². The third-order valence-corrected chi connectivity index (χ3v) is 6.31. The third kappa shape index (κ3) is 5.48. The second-order valence-electron chi connectivity index (χ2n) is 9.16. The minimum atomic E-state index is -4.59. The van der Waals surface area contributed by atoms with Crippen molar-refractivity contribution in [1.82, 2.24) is 25.1 Å². The van der Waals surface area contributed by atoms with E-state index in [1.165, 1.54) is 19.1 Å². The number of pyridine rings is 1. The first-order valence-electron chi connectivity index (χ1n) is 12.1. The zero-order chi connectivity index (χ0) is 27.7. The zero-order valence-corrected chi connectivity index (χ0v) is 21.1. The number of aromatic nitrogens is 2. The van der Waals surface area contributed by atoms with E-state index >= 15 is 0 Å². The predicted molar refractivity (Wildman–Crippen MR) is 140 cm³/mol. The van der Waals surface area contributed by atoms with Crippen molar-refractivity contribution in [3.63, 3.8) is 0 Å². The fraction of sp³-hybridized carbons (Fsp3) is 0.179. The van der Waals surface area contributed by atoms with Crippen LogP contribution < -0.4 is 16.1 Å². The van der Waals surface area contributed by atoms with Crippen molar-refractivity contribution in [1.29, 1.82) is 0 Å². The summed E-state index contributed by atoms with van der Waals surface area (Å²) in [5.74, 6) is -0.379. The van der Waals surface area contributed by atoms with Crippen molar-refractivity contribution in [2.24, 2.45) is 0 Å². The molecule has 0 fully saturated rings. The maximum atomic E-state index is 13.8. The van der Waals surface area contributed by atoms with Crippen molar-refractivity contribution in [2.45, 2.75) is 25.7 Å². The smallest absolute Gasteiger partial charge is 0.352 e. The summed E-state index contributed by atoms with van der Waals surface area (Å²) in [5.41, 5.74) is 4.71. The molecule has 0 saturated carbocycles. The average Bonchev–Trinajstić information content (AvgIpc) is 3.50. The molecule has 2 aromatic heterocycles. The van der Waals surface area contributed by atoms with Crippen LogP contribution in [0.3, 0.4) is 0 Å². The van der Waals surface area contributed by atoms with Crippen LogP contribution in [0.1, 0.15) is 40.0 Å². The van der Waals surface area contributed by atoms with Crippen LogP contribution in [0.15, 0.2) is 79.1 Å². The first-order valence-corrected chi connectivity index (χ1v) is 12.1. The number of halogens is 3. The summed E-state index contributed by atoms with van der Waals surface area (Å²) >= 11 is 0. The molecular weight excluding hydrogens is 509 g/mol. The Kier molecular flexibility index (Phi) is 6.83. The monoisotopic (exact) mass is 534 g/mol. The quantitative estimate of drug-likeness (QED) is 0.327. The normalized spacial score (nSPS) is 15.1. The van der Waals surface area contributed by atoms with E-state index in [4.69, 9.17) is 4.98 Å². The first-order chi connectivity index (χ1) is 18.6. The summed E-state index contributed by atoms with van der Waals surface area (Å²) in [6, 6.07) is 15.4. The van der Waals surface area contributed by atoms with E-state index in [9.17, 15) is 22.8 Å².